The summed E-state index contributed by atoms with van der Waals surface area (Å²) in [6, 6.07) is 13.4. The second kappa shape index (κ2) is 10.2. The summed E-state index contributed by atoms with van der Waals surface area (Å²) in [5, 5.41) is 2.39. The van der Waals surface area contributed by atoms with Crippen molar-refractivity contribution in [1.82, 2.24) is 5.32 Å². The van der Waals surface area contributed by atoms with Crippen LogP contribution < -0.4 is 19.7 Å². The van der Waals surface area contributed by atoms with Gasteiger partial charge in [0, 0.05) is 0 Å². The van der Waals surface area contributed by atoms with E-state index in [2.05, 4.69) is 5.32 Å². The van der Waals surface area contributed by atoms with Gasteiger partial charge in [-0.3, -0.25) is 14.9 Å². The Morgan fingerprint density at radius 2 is 1.75 bits per heavy atom. The van der Waals surface area contributed by atoms with Gasteiger partial charge >= 0.3 is 6.03 Å². The molecule has 1 saturated heterocycles. The first-order chi connectivity index (χ1) is 17.2. The molecule has 1 aliphatic heterocycles. The third kappa shape index (κ3) is 5.08. The minimum Gasteiger partial charge on any atom is -0.493 e. The highest BCUT2D eigenvalue weighted by molar-refractivity contribution is 6.39. The first-order valence-corrected chi connectivity index (χ1v) is 11.3. The van der Waals surface area contributed by atoms with Crippen LogP contribution in [0.4, 0.5) is 14.9 Å². The number of barbiturate groups is 1. The lowest BCUT2D eigenvalue weighted by molar-refractivity contribution is -0.122. The highest BCUT2D eigenvalue weighted by atomic mass is 35.5. The predicted molar refractivity (Wildman–Crippen MR) is 134 cm³/mol. The smallest absolute Gasteiger partial charge is 0.335 e. The van der Waals surface area contributed by atoms with Crippen LogP contribution in [0.2, 0.25) is 5.02 Å². The van der Waals surface area contributed by atoms with Crippen LogP contribution in [0.1, 0.15) is 22.3 Å². The lowest BCUT2D eigenvalue weighted by atomic mass is 10.0. The molecule has 0 saturated carbocycles. The Morgan fingerprint density at radius 1 is 1.03 bits per heavy atom. The number of benzene rings is 3. The summed E-state index contributed by atoms with van der Waals surface area (Å²) in [5.41, 5.74) is 2.81. The van der Waals surface area contributed by atoms with Crippen molar-refractivity contribution in [2.75, 3.05) is 12.0 Å². The molecule has 0 bridgehead atoms. The zero-order valence-corrected chi connectivity index (χ0v) is 20.5. The van der Waals surface area contributed by atoms with Gasteiger partial charge in [-0.05, 0) is 72.5 Å². The van der Waals surface area contributed by atoms with E-state index in [0.29, 0.717) is 16.8 Å². The molecule has 1 N–H and O–H groups in total. The third-order valence-corrected chi connectivity index (χ3v) is 5.85. The Hall–Kier alpha value is -4.17. The molecule has 0 atom stereocenters. The van der Waals surface area contributed by atoms with E-state index in [-0.39, 0.29) is 34.5 Å². The van der Waals surface area contributed by atoms with Crippen molar-refractivity contribution in [1.29, 1.82) is 0 Å². The molecular weight excluding hydrogens is 487 g/mol. The highest BCUT2D eigenvalue weighted by Crippen LogP contribution is 2.38. The van der Waals surface area contributed by atoms with Gasteiger partial charge in [0.05, 0.1) is 17.8 Å². The number of carbonyl (C=O) groups is 3. The molecule has 1 fully saturated rings. The number of halogens is 2. The molecular formula is C27H22ClFN2O5. The Bertz CT molecular complexity index is 1400. The lowest BCUT2D eigenvalue weighted by Gasteiger charge is -2.27. The minimum atomic E-state index is -0.823. The Morgan fingerprint density at radius 3 is 2.44 bits per heavy atom. The van der Waals surface area contributed by atoms with Gasteiger partial charge in [0.15, 0.2) is 11.5 Å². The molecule has 9 heteroatoms. The van der Waals surface area contributed by atoms with Crippen LogP contribution in [0.25, 0.3) is 6.08 Å². The van der Waals surface area contributed by atoms with Crippen LogP contribution in [0, 0.1) is 19.7 Å². The van der Waals surface area contributed by atoms with Crippen LogP contribution in [-0.2, 0) is 16.2 Å². The summed E-state index contributed by atoms with van der Waals surface area (Å²) in [4.78, 5) is 39.3. The standard InChI is InChI=1S/C27H22ClFN2O5/c1-15-4-5-16(2)22(10-15)31-26(33)20(25(32)30-27(31)34)11-18-12-21(28)24(23(13-18)35-3)36-14-17-6-8-19(29)9-7-17/h4-13H,14H2,1-3H3,(H,30,32,34)/b20-11+. The summed E-state index contributed by atoms with van der Waals surface area (Å²) < 4.78 is 24.3. The fraction of sp³-hybridized carbons (Fsp3) is 0.148. The number of rotatable bonds is 6. The zero-order chi connectivity index (χ0) is 26.0. The van der Waals surface area contributed by atoms with Crippen molar-refractivity contribution in [3.8, 4) is 11.5 Å². The average molecular weight is 509 g/mol. The van der Waals surface area contributed by atoms with E-state index in [1.165, 1.54) is 31.4 Å². The Balaban J connectivity index is 1.66. The van der Waals surface area contributed by atoms with Gasteiger partial charge in [-0.1, -0.05) is 35.9 Å². The quantitative estimate of drug-likeness (QED) is 0.358. The van der Waals surface area contributed by atoms with Crippen LogP contribution in [0.3, 0.4) is 0 Å². The molecule has 4 rings (SSSR count). The van der Waals surface area contributed by atoms with Gasteiger partial charge in [-0.25, -0.2) is 14.1 Å². The summed E-state index contributed by atoms with van der Waals surface area (Å²) in [6.07, 6.45) is 1.33. The summed E-state index contributed by atoms with van der Waals surface area (Å²) in [6.45, 7) is 3.72. The monoisotopic (exact) mass is 508 g/mol. The number of anilines is 1. The van der Waals surface area contributed by atoms with E-state index >= 15 is 0 Å². The SMILES string of the molecule is COc1cc(/C=C2\C(=O)NC(=O)N(c3cc(C)ccc3C)C2=O)cc(Cl)c1OCc1ccc(F)cc1. The summed E-state index contributed by atoms with van der Waals surface area (Å²) in [5.74, 6) is -1.42. The van der Waals surface area contributed by atoms with Crippen molar-refractivity contribution >= 4 is 41.2 Å². The van der Waals surface area contributed by atoms with Crippen molar-refractivity contribution in [2.24, 2.45) is 0 Å². The molecule has 1 aliphatic rings. The second-order valence-electron chi connectivity index (χ2n) is 8.20. The molecule has 1 heterocycles. The largest absolute Gasteiger partial charge is 0.493 e. The van der Waals surface area contributed by atoms with Gasteiger partial charge < -0.3 is 9.47 Å². The van der Waals surface area contributed by atoms with Crippen LogP contribution >= 0.6 is 11.6 Å². The van der Waals surface area contributed by atoms with E-state index in [1.807, 2.05) is 13.0 Å². The number of urea groups is 1. The topological polar surface area (TPSA) is 84.9 Å². The number of nitrogens with zero attached hydrogens (tertiary/aromatic N) is 1. The van der Waals surface area contributed by atoms with E-state index in [9.17, 15) is 18.8 Å². The maximum Gasteiger partial charge on any atom is 0.335 e. The normalized spacial score (nSPS) is 14.8. The van der Waals surface area contributed by atoms with Gasteiger partial charge in [-0.15, -0.1) is 0 Å². The van der Waals surface area contributed by atoms with E-state index < -0.39 is 17.8 Å². The number of methoxy groups -OCH3 is 1. The number of nitrogens with one attached hydrogen (secondary N) is 1. The van der Waals surface area contributed by atoms with E-state index in [4.69, 9.17) is 21.1 Å². The van der Waals surface area contributed by atoms with Crippen molar-refractivity contribution < 1.29 is 28.2 Å². The third-order valence-electron chi connectivity index (χ3n) is 5.57. The number of ether oxygens (including phenoxy) is 2. The van der Waals surface area contributed by atoms with Crippen molar-refractivity contribution in [2.45, 2.75) is 20.5 Å². The Kier molecular flexibility index (Phi) is 7.07. The summed E-state index contributed by atoms with van der Waals surface area (Å²) in [7, 11) is 1.42. The van der Waals surface area contributed by atoms with Gasteiger partial charge in [0.25, 0.3) is 11.8 Å². The first kappa shape index (κ1) is 24.9. The highest BCUT2D eigenvalue weighted by Gasteiger charge is 2.37. The number of amides is 4. The molecule has 184 valence electrons. The molecule has 0 unspecified atom stereocenters. The molecule has 7 nitrogen and oxygen atoms in total. The first-order valence-electron chi connectivity index (χ1n) is 10.9. The molecule has 3 aromatic carbocycles. The van der Waals surface area contributed by atoms with Crippen molar-refractivity contribution in [3.05, 3.63) is 93.3 Å². The Labute approximate surface area is 212 Å². The lowest BCUT2D eigenvalue weighted by Crippen LogP contribution is -2.54. The fourth-order valence-electron chi connectivity index (χ4n) is 3.70. The maximum atomic E-state index is 13.3. The molecule has 0 radical (unpaired) electrons. The van der Waals surface area contributed by atoms with Crippen molar-refractivity contribution in [3.63, 3.8) is 0 Å². The number of hydrogen-bond donors (Lipinski definition) is 1. The predicted octanol–water partition coefficient (Wildman–Crippen LogP) is 5.35. The van der Waals surface area contributed by atoms with Gasteiger partial charge in [0.2, 0.25) is 0 Å². The number of hydrogen-bond acceptors (Lipinski definition) is 5. The number of aryl methyl sites for hydroxylation is 2. The minimum absolute atomic E-state index is 0.116. The zero-order valence-electron chi connectivity index (χ0n) is 19.7. The molecule has 4 amide bonds. The fourth-order valence-corrected chi connectivity index (χ4v) is 3.98. The van der Waals surface area contributed by atoms with Crippen LogP contribution in [0.15, 0.2) is 60.2 Å². The number of imide groups is 2. The van der Waals surface area contributed by atoms with Gasteiger partial charge in [-0.2, -0.15) is 0 Å². The number of carbonyl (C=O) groups excluding carboxylic acids is 3. The van der Waals surface area contributed by atoms with Crippen LogP contribution in [0.5, 0.6) is 11.5 Å². The summed E-state index contributed by atoms with van der Waals surface area (Å²) >= 11 is 6.44. The van der Waals surface area contributed by atoms with Gasteiger partial charge in [0.1, 0.15) is 18.0 Å². The second-order valence-corrected chi connectivity index (χ2v) is 8.60. The van der Waals surface area contributed by atoms with E-state index in [1.54, 1.807) is 37.3 Å². The maximum absolute atomic E-state index is 13.3. The molecule has 3 aromatic rings. The van der Waals surface area contributed by atoms with E-state index in [0.717, 1.165) is 16.0 Å². The molecule has 0 aromatic heterocycles. The average Bonchev–Trinajstić information content (AvgIpc) is 2.84. The molecule has 0 spiro atoms. The molecule has 36 heavy (non-hydrogen) atoms. The molecule has 0 aliphatic carbocycles. The van der Waals surface area contributed by atoms with Crippen LogP contribution in [-0.4, -0.2) is 25.0 Å².